The fourth-order valence-corrected chi connectivity index (χ4v) is 2.89. The number of pyridine rings is 1. The van der Waals surface area contributed by atoms with Gasteiger partial charge in [0.15, 0.2) is 5.96 Å². The van der Waals surface area contributed by atoms with E-state index in [0.29, 0.717) is 18.4 Å². The Morgan fingerprint density at radius 3 is 2.69 bits per heavy atom. The molecule has 5 nitrogen and oxygen atoms in total. The topological polar surface area (TPSA) is 58.5 Å². The minimum atomic E-state index is -4.40. The number of nitrogens with zero attached hydrogens (tertiary/aromatic N) is 2. The number of thiophene rings is 1. The van der Waals surface area contributed by atoms with Gasteiger partial charge in [-0.25, -0.2) is 4.98 Å². The maximum absolute atomic E-state index is 12.5. The fourth-order valence-electron chi connectivity index (χ4n) is 2.10. The minimum Gasteiger partial charge on any atom is -0.476 e. The summed E-state index contributed by atoms with van der Waals surface area (Å²) in [5, 5.41) is 8.36. The highest BCUT2D eigenvalue weighted by molar-refractivity contribution is 7.10. The predicted octanol–water partition coefficient (Wildman–Crippen LogP) is 3.51. The monoisotopic (exact) mass is 386 g/mol. The minimum absolute atomic E-state index is 0.147. The van der Waals surface area contributed by atoms with Crippen LogP contribution in [0.1, 0.15) is 23.3 Å². The first-order valence-electron chi connectivity index (χ1n) is 8.04. The van der Waals surface area contributed by atoms with Crippen LogP contribution in [0.2, 0.25) is 0 Å². The van der Waals surface area contributed by atoms with E-state index in [9.17, 15) is 13.2 Å². The number of alkyl halides is 3. The third kappa shape index (κ3) is 6.21. The molecular weight excluding hydrogens is 365 g/mol. The molecule has 0 amide bonds. The molecule has 2 aromatic rings. The van der Waals surface area contributed by atoms with Crippen molar-refractivity contribution in [1.29, 1.82) is 0 Å². The molecule has 2 aromatic heterocycles. The summed E-state index contributed by atoms with van der Waals surface area (Å²) in [6, 6.07) is 6.27. The van der Waals surface area contributed by atoms with E-state index in [4.69, 9.17) is 4.74 Å². The van der Waals surface area contributed by atoms with Gasteiger partial charge in [-0.15, -0.1) is 11.3 Å². The molecule has 0 bridgehead atoms. The predicted molar refractivity (Wildman–Crippen MR) is 96.8 cm³/mol. The second-order valence-corrected chi connectivity index (χ2v) is 6.51. The maximum Gasteiger partial charge on any atom is 0.417 e. The van der Waals surface area contributed by atoms with Crippen LogP contribution in [0.3, 0.4) is 0 Å². The lowest BCUT2D eigenvalue weighted by Crippen LogP contribution is -2.40. The van der Waals surface area contributed by atoms with Crippen LogP contribution in [0.4, 0.5) is 13.2 Å². The lowest BCUT2D eigenvalue weighted by molar-refractivity contribution is -0.137. The number of aromatic nitrogens is 1. The Morgan fingerprint density at radius 2 is 2.12 bits per heavy atom. The van der Waals surface area contributed by atoms with Gasteiger partial charge < -0.3 is 15.4 Å². The maximum atomic E-state index is 12.5. The highest BCUT2D eigenvalue weighted by atomic mass is 32.1. The first-order valence-corrected chi connectivity index (χ1v) is 8.92. The second-order valence-electron chi connectivity index (χ2n) is 5.53. The van der Waals surface area contributed by atoms with Crippen LogP contribution in [0.25, 0.3) is 0 Å². The van der Waals surface area contributed by atoms with E-state index < -0.39 is 11.7 Å². The van der Waals surface area contributed by atoms with Crippen molar-refractivity contribution in [3.8, 4) is 5.88 Å². The fraction of sp³-hybridized carbons (Fsp3) is 0.412. The van der Waals surface area contributed by atoms with Crippen molar-refractivity contribution in [2.24, 2.45) is 4.99 Å². The number of nitrogens with one attached hydrogen (secondary N) is 2. The van der Waals surface area contributed by atoms with Crippen LogP contribution in [-0.2, 0) is 6.18 Å². The molecule has 0 aromatic carbocycles. The Labute approximate surface area is 154 Å². The average molecular weight is 386 g/mol. The lowest BCUT2D eigenvalue weighted by atomic mass is 10.1. The van der Waals surface area contributed by atoms with Gasteiger partial charge >= 0.3 is 6.18 Å². The molecule has 0 aliphatic rings. The third-order valence-electron chi connectivity index (χ3n) is 3.54. The number of aliphatic imine (C=N–C) groups is 1. The molecule has 0 saturated carbocycles. The van der Waals surface area contributed by atoms with E-state index in [1.807, 2.05) is 11.4 Å². The van der Waals surface area contributed by atoms with Crippen LogP contribution in [-0.4, -0.2) is 37.7 Å². The van der Waals surface area contributed by atoms with Crippen LogP contribution in [0.5, 0.6) is 5.88 Å². The first kappa shape index (κ1) is 20.0. The second kappa shape index (κ2) is 9.42. The van der Waals surface area contributed by atoms with Gasteiger partial charge in [0.2, 0.25) is 5.88 Å². The molecule has 2 rings (SSSR count). The SMILES string of the molecule is CN=C(NCCOc1ccc(C(F)(F)F)cn1)NCC(C)c1cccs1. The largest absolute Gasteiger partial charge is 0.476 e. The van der Waals surface area contributed by atoms with Crippen LogP contribution < -0.4 is 15.4 Å². The molecule has 9 heteroatoms. The van der Waals surface area contributed by atoms with E-state index in [-0.39, 0.29) is 12.5 Å². The van der Waals surface area contributed by atoms with E-state index >= 15 is 0 Å². The van der Waals surface area contributed by atoms with Gasteiger partial charge in [0, 0.05) is 36.7 Å². The van der Waals surface area contributed by atoms with Crippen molar-refractivity contribution >= 4 is 17.3 Å². The van der Waals surface area contributed by atoms with Crippen LogP contribution in [0, 0.1) is 0 Å². The molecule has 0 fully saturated rings. The normalized spacial score (nSPS) is 13.3. The quantitative estimate of drug-likeness (QED) is 0.434. The smallest absolute Gasteiger partial charge is 0.417 e. The molecule has 142 valence electrons. The van der Waals surface area contributed by atoms with Gasteiger partial charge in [-0.05, 0) is 17.5 Å². The van der Waals surface area contributed by atoms with Crippen molar-refractivity contribution < 1.29 is 17.9 Å². The standard InChI is InChI=1S/C17H21F3N4OS/c1-12(14-4-3-9-26-14)10-24-16(21-2)22-7-8-25-15-6-5-13(11-23-15)17(18,19)20/h3-6,9,11-12H,7-8,10H2,1-2H3,(H2,21,22,24). The molecule has 1 unspecified atom stereocenters. The summed E-state index contributed by atoms with van der Waals surface area (Å²) in [5.41, 5.74) is -0.799. The number of guanidine groups is 1. The Morgan fingerprint density at radius 1 is 1.31 bits per heavy atom. The molecule has 0 radical (unpaired) electrons. The van der Waals surface area contributed by atoms with E-state index in [0.717, 1.165) is 18.8 Å². The molecule has 0 aliphatic heterocycles. The zero-order valence-corrected chi connectivity index (χ0v) is 15.3. The Bertz CT molecular complexity index is 687. The van der Waals surface area contributed by atoms with E-state index in [1.165, 1.54) is 10.9 Å². The lowest BCUT2D eigenvalue weighted by Gasteiger charge is -2.15. The Balaban J connectivity index is 1.69. The molecule has 0 spiro atoms. The third-order valence-corrected chi connectivity index (χ3v) is 4.64. The summed E-state index contributed by atoms with van der Waals surface area (Å²) in [4.78, 5) is 9.08. The van der Waals surface area contributed by atoms with E-state index in [2.05, 4.69) is 33.6 Å². The highest BCUT2D eigenvalue weighted by Gasteiger charge is 2.30. The van der Waals surface area contributed by atoms with Gasteiger partial charge in [0.05, 0.1) is 12.1 Å². The number of halogens is 3. The van der Waals surface area contributed by atoms with Gasteiger partial charge in [-0.2, -0.15) is 13.2 Å². The van der Waals surface area contributed by atoms with Gasteiger partial charge in [-0.3, -0.25) is 4.99 Å². The summed E-state index contributed by atoms with van der Waals surface area (Å²) in [6.07, 6.45) is -3.64. The van der Waals surface area contributed by atoms with Crippen molar-refractivity contribution in [2.45, 2.75) is 19.0 Å². The summed E-state index contributed by atoms with van der Waals surface area (Å²) in [6.45, 7) is 3.56. The summed E-state index contributed by atoms with van der Waals surface area (Å²) >= 11 is 1.71. The Kier molecular flexibility index (Phi) is 7.26. The number of hydrogen-bond donors (Lipinski definition) is 2. The van der Waals surface area contributed by atoms with Crippen LogP contribution >= 0.6 is 11.3 Å². The highest BCUT2D eigenvalue weighted by Crippen LogP contribution is 2.29. The molecular formula is C17H21F3N4OS. The Hall–Kier alpha value is -2.29. The molecule has 2 heterocycles. The average Bonchev–Trinajstić information content (AvgIpc) is 3.15. The zero-order valence-electron chi connectivity index (χ0n) is 14.5. The molecule has 0 saturated heterocycles. The van der Waals surface area contributed by atoms with Gasteiger partial charge in [0.1, 0.15) is 6.61 Å². The van der Waals surface area contributed by atoms with E-state index in [1.54, 1.807) is 18.4 Å². The molecule has 2 N–H and O–H groups in total. The zero-order chi connectivity index (χ0) is 19.0. The summed E-state index contributed by atoms with van der Waals surface area (Å²) in [7, 11) is 1.67. The summed E-state index contributed by atoms with van der Waals surface area (Å²) in [5.74, 6) is 1.15. The number of hydrogen-bond acceptors (Lipinski definition) is 4. The number of ether oxygens (including phenoxy) is 1. The molecule has 26 heavy (non-hydrogen) atoms. The summed E-state index contributed by atoms with van der Waals surface area (Å²) < 4.78 is 42.7. The molecule has 1 atom stereocenters. The van der Waals surface area contributed by atoms with Crippen molar-refractivity contribution in [1.82, 2.24) is 15.6 Å². The van der Waals surface area contributed by atoms with Crippen LogP contribution in [0.15, 0.2) is 40.8 Å². The number of rotatable bonds is 7. The van der Waals surface area contributed by atoms with Crippen molar-refractivity contribution in [3.05, 3.63) is 46.3 Å². The van der Waals surface area contributed by atoms with Gasteiger partial charge in [0.25, 0.3) is 0 Å². The first-order chi connectivity index (χ1) is 12.4. The van der Waals surface area contributed by atoms with Crippen molar-refractivity contribution in [3.63, 3.8) is 0 Å². The van der Waals surface area contributed by atoms with Gasteiger partial charge in [-0.1, -0.05) is 13.0 Å². The molecule has 0 aliphatic carbocycles. The van der Waals surface area contributed by atoms with Crippen molar-refractivity contribution in [2.75, 3.05) is 26.7 Å².